The summed E-state index contributed by atoms with van der Waals surface area (Å²) in [6.45, 7) is 3.04. The molecule has 3 nitrogen and oxygen atoms in total. The quantitative estimate of drug-likeness (QED) is 0.846. The second-order valence-electron chi connectivity index (χ2n) is 5.76. The lowest BCUT2D eigenvalue weighted by Gasteiger charge is -2.31. The zero-order valence-corrected chi connectivity index (χ0v) is 11.9. The molecule has 1 aromatic carbocycles. The molecule has 1 fully saturated rings. The van der Waals surface area contributed by atoms with Gasteiger partial charge in [-0.15, -0.1) is 0 Å². The van der Waals surface area contributed by atoms with Crippen molar-refractivity contribution in [3.05, 3.63) is 35.9 Å². The van der Waals surface area contributed by atoms with Crippen LogP contribution in [0, 0.1) is 5.92 Å². The van der Waals surface area contributed by atoms with Crippen LogP contribution >= 0.6 is 0 Å². The Morgan fingerprint density at radius 2 is 1.95 bits per heavy atom. The van der Waals surface area contributed by atoms with Gasteiger partial charge in [-0.25, -0.2) is 0 Å². The lowest BCUT2D eigenvalue weighted by atomic mass is 9.92. The van der Waals surface area contributed by atoms with Crippen molar-refractivity contribution in [3.63, 3.8) is 0 Å². The third kappa shape index (κ3) is 2.92. The minimum atomic E-state index is 0.0259. The van der Waals surface area contributed by atoms with Gasteiger partial charge in [0.15, 0.2) is 0 Å². The largest absolute Gasteiger partial charge is 0.360 e. The molecule has 0 bridgehead atoms. The molecule has 1 unspecified atom stereocenters. The lowest BCUT2D eigenvalue weighted by molar-refractivity contribution is -0.120. The van der Waals surface area contributed by atoms with Crippen molar-refractivity contribution in [2.45, 2.75) is 32.1 Å². The maximum atomic E-state index is 12.7. The number of carbonyl (C=O) groups excluding carboxylic acids is 1. The summed E-state index contributed by atoms with van der Waals surface area (Å²) in [5, 5.41) is 0. The molecule has 2 aliphatic rings. The highest BCUT2D eigenvalue weighted by molar-refractivity contribution is 6.05. The Balaban J connectivity index is 1.76. The SMILES string of the molecule is O=C(Cc1ccccc1)C1CCCCN2CCCN=C12. The third-order valence-electron chi connectivity index (χ3n) is 4.28. The van der Waals surface area contributed by atoms with Gasteiger partial charge in [0.2, 0.25) is 0 Å². The summed E-state index contributed by atoms with van der Waals surface area (Å²) in [4.78, 5) is 19.7. The number of carbonyl (C=O) groups is 1. The van der Waals surface area contributed by atoms with Gasteiger partial charge in [-0.3, -0.25) is 9.79 Å². The van der Waals surface area contributed by atoms with E-state index in [2.05, 4.69) is 9.89 Å². The number of ketones is 1. The Kier molecular flexibility index (Phi) is 4.14. The van der Waals surface area contributed by atoms with Crippen molar-refractivity contribution in [1.82, 2.24) is 4.90 Å². The highest BCUT2D eigenvalue weighted by Crippen LogP contribution is 2.23. The Morgan fingerprint density at radius 1 is 1.15 bits per heavy atom. The molecule has 2 aliphatic heterocycles. The van der Waals surface area contributed by atoms with Crippen LogP contribution in [0.4, 0.5) is 0 Å². The third-order valence-corrected chi connectivity index (χ3v) is 4.28. The van der Waals surface area contributed by atoms with Gasteiger partial charge in [-0.05, 0) is 24.8 Å². The van der Waals surface area contributed by atoms with E-state index in [1.54, 1.807) is 0 Å². The standard InChI is InChI=1S/C17H22N2O/c20-16(13-14-7-2-1-3-8-14)15-9-4-5-11-19-12-6-10-18-17(15)19/h1-3,7-8,15H,4-6,9-13H2. The van der Waals surface area contributed by atoms with Crippen molar-refractivity contribution in [2.24, 2.45) is 10.9 Å². The van der Waals surface area contributed by atoms with Crippen LogP contribution in [0.1, 0.15) is 31.2 Å². The molecule has 1 aromatic rings. The summed E-state index contributed by atoms with van der Waals surface area (Å²) in [6, 6.07) is 10.1. The molecule has 0 aromatic heterocycles. The second-order valence-corrected chi connectivity index (χ2v) is 5.76. The van der Waals surface area contributed by atoms with E-state index in [4.69, 9.17) is 0 Å². The van der Waals surface area contributed by atoms with Gasteiger partial charge >= 0.3 is 0 Å². The van der Waals surface area contributed by atoms with Crippen molar-refractivity contribution in [1.29, 1.82) is 0 Å². The molecule has 0 aliphatic carbocycles. The fourth-order valence-corrected chi connectivity index (χ4v) is 3.23. The lowest BCUT2D eigenvalue weighted by Crippen LogP contribution is -2.42. The summed E-state index contributed by atoms with van der Waals surface area (Å²) in [6.07, 6.45) is 4.97. The molecule has 1 saturated heterocycles. The molecule has 20 heavy (non-hydrogen) atoms. The number of nitrogens with zero attached hydrogens (tertiary/aromatic N) is 2. The van der Waals surface area contributed by atoms with Crippen LogP contribution in [0.25, 0.3) is 0 Å². The fraction of sp³-hybridized carbons (Fsp3) is 0.529. The van der Waals surface area contributed by atoms with Gasteiger partial charge in [0.1, 0.15) is 11.6 Å². The average Bonchev–Trinajstić information content (AvgIpc) is 2.70. The predicted molar refractivity (Wildman–Crippen MR) is 81.0 cm³/mol. The van der Waals surface area contributed by atoms with Gasteiger partial charge < -0.3 is 4.90 Å². The number of fused-ring (bicyclic) bond motifs is 1. The zero-order chi connectivity index (χ0) is 13.8. The van der Waals surface area contributed by atoms with Crippen LogP contribution in [0.2, 0.25) is 0 Å². The van der Waals surface area contributed by atoms with Crippen molar-refractivity contribution >= 4 is 11.6 Å². The Morgan fingerprint density at radius 3 is 2.80 bits per heavy atom. The highest BCUT2D eigenvalue weighted by atomic mass is 16.1. The molecular formula is C17H22N2O. The Hall–Kier alpha value is -1.64. The summed E-state index contributed by atoms with van der Waals surface area (Å²) < 4.78 is 0. The maximum absolute atomic E-state index is 12.7. The average molecular weight is 270 g/mol. The molecule has 0 N–H and O–H groups in total. The van der Waals surface area contributed by atoms with E-state index < -0.39 is 0 Å². The van der Waals surface area contributed by atoms with Crippen LogP contribution in [0.5, 0.6) is 0 Å². The van der Waals surface area contributed by atoms with Crippen LogP contribution < -0.4 is 0 Å². The van der Waals surface area contributed by atoms with Gasteiger partial charge in [0.25, 0.3) is 0 Å². The summed E-state index contributed by atoms with van der Waals surface area (Å²) in [5.74, 6) is 1.44. The normalized spacial score (nSPS) is 22.7. The molecule has 3 heteroatoms. The summed E-state index contributed by atoms with van der Waals surface area (Å²) in [7, 11) is 0. The van der Waals surface area contributed by atoms with E-state index in [1.165, 1.54) is 6.42 Å². The number of rotatable bonds is 3. The number of aliphatic imine (C=N–C) groups is 1. The summed E-state index contributed by atoms with van der Waals surface area (Å²) >= 11 is 0. The van der Waals surface area contributed by atoms with Gasteiger partial charge in [-0.2, -0.15) is 0 Å². The topological polar surface area (TPSA) is 32.7 Å². The number of hydrogen-bond acceptors (Lipinski definition) is 3. The van der Waals surface area contributed by atoms with Crippen molar-refractivity contribution < 1.29 is 4.79 Å². The molecule has 3 rings (SSSR count). The van der Waals surface area contributed by atoms with E-state index >= 15 is 0 Å². The smallest absolute Gasteiger partial charge is 0.147 e. The first-order chi connectivity index (χ1) is 9.84. The minimum absolute atomic E-state index is 0.0259. The molecule has 1 atom stereocenters. The van der Waals surface area contributed by atoms with Gasteiger partial charge in [0.05, 0.1) is 5.92 Å². The number of Topliss-reactive ketones (excluding diaryl/α,β-unsaturated/α-hetero) is 1. The van der Waals surface area contributed by atoms with Crippen LogP contribution in [-0.4, -0.2) is 36.2 Å². The van der Waals surface area contributed by atoms with Gasteiger partial charge in [0, 0.05) is 26.1 Å². The van der Waals surface area contributed by atoms with Crippen LogP contribution in [0.15, 0.2) is 35.3 Å². The molecule has 0 saturated carbocycles. The first-order valence-corrected chi connectivity index (χ1v) is 7.70. The fourth-order valence-electron chi connectivity index (χ4n) is 3.23. The van der Waals surface area contributed by atoms with E-state index in [0.717, 1.165) is 50.3 Å². The minimum Gasteiger partial charge on any atom is -0.360 e. The zero-order valence-electron chi connectivity index (χ0n) is 11.9. The maximum Gasteiger partial charge on any atom is 0.147 e. The van der Waals surface area contributed by atoms with E-state index in [-0.39, 0.29) is 5.92 Å². The Bertz CT molecular complexity index is 495. The Labute approximate surface area is 120 Å². The molecule has 106 valence electrons. The first-order valence-electron chi connectivity index (χ1n) is 7.70. The van der Waals surface area contributed by atoms with Gasteiger partial charge in [-0.1, -0.05) is 36.8 Å². The molecular weight excluding hydrogens is 248 g/mol. The molecule has 0 spiro atoms. The van der Waals surface area contributed by atoms with Crippen molar-refractivity contribution in [2.75, 3.05) is 19.6 Å². The van der Waals surface area contributed by atoms with E-state index in [1.807, 2.05) is 30.3 Å². The monoisotopic (exact) mass is 270 g/mol. The molecule has 0 amide bonds. The van der Waals surface area contributed by atoms with Crippen LogP contribution in [0.3, 0.4) is 0 Å². The van der Waals surface area contributed by atoms with E-state index in [0.29, 0.717) is 12.2 Å². The first kappa shape index (κ1) is 13.3. The predicted octanol–water partition coefficient (Wildman–Crippen LogP) is 2.70. The number of benzene rings is 1. The second kappa shape index (κ2) is 6.21. The summed E-state index contributed by atoms with van der Waals surface area (Å²) in [5.41, 5.74) is 1.12. The number of hydrogen-bond donors (Lipinski definition) is 0. The van der Waals surface area contributed by atoms with E-state index in [9.17, 15) is 4.79 Å². The highest BCUT2D eigenvalue weighted by Gasteiger charge is 2.31. The van der Waals surface area contributed by atoms with Crippen molar-refractivity contribution in [3.8, 4) is 0 Å². The molecule has 0 radical (unpaired) electrons. The number of amidine groups is 1. The molecule has 2 heterocycles. The van der Waals surface area contributed by atoms with Crippen LogP contribution in [-0.2, 0) is 11.2 Å².